The third kappa shape index (κ3) is 4.15. The summed E-state index contributed by atoms with van der Waals surface area (Å²) >= 11 is 0. The average molecular weight is 470 g/mol. The number of fused-ring (bicyclic) bond motifs is 2. The minimum absolute atomic E-state index is 0.113. The topological polar surface area (TPSA) is 83.7 Å². The van der Waals surface area contributed by atoms with Gasteiger partial charge < -0.3 is 24.7 Å². The third-order valence-corrected chi connectivity index (χ3v) is 6.53. The number of hydrogen-bond donors (Lipinski definition) is 2. The van der Waals surface area contributed by atoms with Gasteiger partial charge in [0.05, 0.1) is 25.7 Å². The van der Waals surface area contributed by atoms with Gasteiger partial charge >= 0.3 is 0 Å². The number of aromatic nitrogens is 1. The number of benzene rings is 3. The molecule has 0 bridgehead atoms. The molecule has 0 saturated carbocycles. The van der Waals surface area contributed by atoms with Gasteiger partial charge in [0.15, 0.2) is 0 Å². The first-order valence-corrected chi connectivity index (χ1v) is 11.5. The van der Waals surface area contributed by atoms with Crippen molar-refractivity contribution in [3.63, 3.8) is 0 Å². The Morgan fingerprint density at radius 1 is 1.00 bits per heavy atom. The lowest BCUT2D eigenvalue weighted by Crippen LogP contribution is -2.47. The Morgan fingerprint density at radius 3 is 2.63 bits per heavy atom. The molecular formula is C28H27N3O4. The number of amides is 2. The number of aromatic amines is 1. The first-order valence-electron chi connectivity index (χ1n) is 11.5. The van der Waals surface area contributed by atoms with Gasteiger partial charge in [-0.15, -0.1) is 0 Å². The summed E-state index contributed by atoms with van der Waals surface area (Å²) in [6, 6.07) is 22.0. The monoisotopic (exact) mass is 469 g/mol. The summed E-state index contributed by atoms with van der Waals surface area (Å²) in [5.74, 6) is -0.294. The molecule has 7 heteroatoms. The molecule has 0 aliphatic carbocycles. The molecule has 0 radical (unpaired) electrons. The number of nitrogens with one attached hydrogen (secondary N) is 2. The fraction of sp³-hybridized carbons (Fsp3) is 0.214. The van der Waals surface area contributed by atoms with Crippen LogP contribution >= 0.6 is 0 Å². The fourth-order valence-electron chi connectivity index (χ4n) is 4.92. The van der Waals surface area contributed by atoms with E-state index in [4.69, 9.17) is 9.47 Å². The lowest BCUT2D eigenvalue weighted by atomic mass is 9.79. The number of carbonyl (C=O) groups excluding carboxylic acids is 2. The second-order valence-corrected chi connectivity index (χ2v) is 8.51. The number of H-pyrrole nitrogens is 1. The van der Waals surface area contributed by atoms with Crippen LogP contribution in [0.5, 0.6) is 5.75 Å². The first-order chi connectivity index (χ1) is 17.1. The fourth-order valence-corrected chi connectivity index (χ4v) is 4.92. The summed E-state index contributed by atoms with van der Waals surface area (Å²) in [6.07, 6.45) is 1.90. The molecule has 1 aliphatic rings. The Kier molecular flexibility index (Phi) is 6.25. The van der Waals surface area contributed by atoms with Crippen molar-refractivity contribution in [2.45, 2.75) is 12.0 Å². The van der Waals surface area contributed by atoms with Crippen molar-refractivity contribution in [3.05, 3.63) is 95.7 Å². The maximum absolute atomic E-state index is 14.0. The van der Waals surface area contributed by atoms with Gasteiger partial charge in [0.25, 0.3) is 5.91 Å². The lowest BCUT2D eigenvalue weighted by Gasteiger charge is -2.41. The molecule has 35 heavy (non-hydrogen) atoms. The van der Waals surface area contributed by atoms with Crippen molar-refractivity contribution in [2.24, 2.45) is 0 Å². The lowest BCUT2D eigenvalue weighted by molar-refractivity contribution is -0.119. The second kappa shape index (κ2) is 9.64. The van der Waals surface area contributed by atoms with Gasteiger partial charge in [0, 0.05) is 53.6 Å². The highest BCUT2D eigenvalue weighted by Gasteiger charge is 2.44. The normalized spacial score (nSPS) is 17.3. The molecule has 1 aromatic heterocycles. The van der Waals surface area contributed by atoms with Crippen molar-refractivity contribution in [3.8, 4) is 5.75 Å². The van der Waals surface area contributed by atoms with E-state index in [0.29, 0.717) is 35.7 Å². The number of para-hydroxylation sites is 1. The van der Waals surface area contributed by atoms with Crippen LogP contribution in [0, 0.1) is 0 Å². The van der Waals surface area contributed by atoms with Crippen LogP contribution in [0.25, 0.3) is 10.9 Å². The van der Waals surface area contributed by atoms with E-state index in [9.17, 15) is 9.59 Å². The number of rotatable bonds is 7. The smallest absolute Gasteiger partial charge is 0.254 e. The standard InChI is InChI=1S/C28H27N3O4/c1-34-15-14-31-26(23-17-29-24-13-6-5-10-20(23)24)25(21-11-3-4-12-22(21)28(31)33)27(32)30-18-8-7-9-19(16-18)35-2/h3-13,16-17,25-26,29H,14-15H2,1-2H3,(H,30,32)/t25-,26+/m1/s1. The molecule has 2 heterocycles. The Balaban J connectivity index is 1.65. The van der Waals surface area contributed by atoms with Gasteiger partial charge in [0.2, 0.25) is 5.91 Å². The average Bonchev–Trinajstić information content (AvgIpc) is 3.32. The zero-order valence-corrected chi connectivity index (χ0v) is 19.7. The Hall–Kier alpha value is -4.10. The maximum Gasteiger partial charge on any atom is 0.254 e. The van der Waals surface area contributed by atoms with Gasteiger partial charge in [-0.2, -0.15) is 0 Å². The molecule has 5 rings (SSSR count). The molecule has 0 saturated heterocycles. The van der Waals surface area contributed by atoms with E-state index in [-0.39, 0.29) is 11.8 Å². The highest BCUT2D eigenvalue weighted by Crippen LogP contribution is 2.45. The van der Waals surface area contributed by atoms with Crippen molar-refractivity contribution in [1.29, 1.82) is 0 Å². The van der Waals surface area contributed by atoms with Crippen LogP contribution in [0.3, 0.4) is 0 Å². The van der Waals surface area contributed by atoms with Crippen LogP contribution in [-0.2, 0) is 9.53 Å². The summed E-state index contributed by atoms with van der Waals surface area (Å²) in [5.41, 5.74) is 3.72. The Bertz CT molecular complexity index is 1380. The van der Waals surface area contributed by atoms with Crippen molar-refractivity contribution < 1.29 is 19.1 Å². The molecule has 2 N–H and O–H groups in total. The molecule has 2 amide bonds. The van der Waals surface area contributed by atoms with Crippen LogP contribution < -0.4 is 10.1 Å². The number of nitrogens with zero attached hydrogens (tertiary/aromatic N) is 1. The summed E-state index contributed by atoms with van der Waals surface area (Å²) in [5, 5.41) is 4.04. The molecule has 178 valence electrons. The van der Waals surface area contributed by atoms with Gasteiger partial charge in [-0.05, 0) is 29.8 Å². The van der Waals surface area contributed by atoms with Crippen molar-refractivity contribution in [1.82, 2.24) is 9.88 Å². The minimum Gasteiger partial charge on any atom is -0.497 e. The van der Waals surface area contributed by atoms with Crippen LogP contribution in [0.1, 0.15) is 33.4 Å². The van der Waals surface area contributed by atoms with E-state index < -0.39 is 12.0 Å². The number of anilines is 1. The van der Waals surface area contributed by atoms with E-state index >= 15 is 0 Å². The van der Waals surface area contributed by atoms with E-state index in [1.165, 1.54) is 0 Å². The predicted octanol–water partition coefficient (Wildman–Crippen LogP) is 4.74. The Labute approximate surface area is 203 Å². The summed E-state index contributed by atoms with van der Waals surface area (Å²) in [7, 11) is 3.20. The largest absolute Gasteiger partial charge is 0.497 e. The second-order valence-electron chi connectivity index (χ2n) is 8.51. The van der Waals surface area contributed by atoms with Gasteiger partial charge in [-0.3, -0.25) is 9.59 Å². The number of methoxy groups -OCH3 is 2. The van der Waals surface area contributed by atoms with E-state index in [0.717, 1.165) is 16.5 Å². The van der Waals surface area contributed by atoms with Crippen LogP contribution in [0.4, 0.5) is 5.69 Å². The molecule has 0 fully saturated rings. The highest BCUT2D eigenvalue weighted by molar-refractivity contribution is 6.05. The zero-order valence-electron chi connectivity index (χ0n) is 19.7. The van der Waals surface area contributed by atoms with Gasteiger partial charge in [-0.1, -0.05) is 42.5 Å². The SMILES string of the molecule is COCCN1C(=O)c2ccccc2[C@@H](C(=O)Nc2cccc(OC)c2)[C@@H]1c1c[nH]c2ccccc12. The predicted molar refractivity (Wildman–Crippen MR) is 135 cm³/mol. The number of ether oxygens (including phenoxy) is 2. The molecule has 1 aliphatic heterocycles. The van der Waals surface area contributed by atoms with Crippen molar-refractivity contribution in [2.75, 3.05) is 32.7 Å². The van der Waals surface area contributed by atoms with Gasteiger partial charge in [-0.25, -0.2) is 0 Å². The molecule has 2 atom stereocenters. The van der Waals surface area contributed by atoms with Gasteiger partial charge in [0.1, 0.15) is 5.75 Å². The Morgan fingerprint density at radius 2 is 1.80 bits per heavy atom. The summed E-state index contributed by atoms with van der Waals surface area (Å²) < 4.78 is 10.7. The van der Waals surface area contributed by atoms with E-state index in [2.05, 4.69) is 10.3 Å². The quantitative estimate of drug-likeness (QED) is 0.409. The summed E-state index contributed by atoms with van der Waals surface area (Å²) in [6.45, 7) is 0.716. The summed E-state index contributed by atoms with van der Waals surface area (Å²) in [4.78, 5) is 32.7. The van der Waals surface area contributed by atoms with Crippen LogP contribution in [-0.4, -0.2) is 49.1 Å². The molecule has 0 unspecified atom stereocenters. The number of carbonyl (C=O) groups is 2. The van der Waals surface area contributed by atoms with Crippen molar-refractivity contribution >= 4 is 28.4 Å². The maximum atomic E-state index is 14.0. The van der Waals surface area contributed by atoms with E-state index in [1.807, 2.05) is 66.9 Å². The molecule has 7 nitrogen and oxygen atoms in total. The zero-order chi connectivity index (χ0) is 24.4. The molecule has 3 aromatic carbocycles. The highest BCUT2D eigenvalue weighted by atomic mass is 16.5. The van der Waals surface area contributed by atoms with E-state index in [1.54, 1.807) is 31.3 Å². The van der Waals surface area contributed by atoms with Crippen LogP contribution in [0.15, 0.2) is 79.0 Å². The van der Waals surface area contributed by atoms with Crippen LogP contribution in [0.2, 0.25) is 0 Å². The molecule has 4 aromatic rings. The molecular weight excluding hydrogens is 442 g/mol. The first kappa shape index (κ1) is 22.7. The number of hydrogen-bond acceptors (Lipinski definition) is 4. The molecule has 0 spiro atoms. The third-order valence-electron chi connectivity index (χ3n) is 6.53. The minimum atomic E-state index is -0.633.